The van der Waals surface area contributed by atoms with Gasteiger partial charge in [0.2, 0.25) is 0 Å². The Balaban J connectivity index is 2.43. The van der Waals surface area contributed by atoms with Crippen LogP contribution >= 0.6 is 11.6 Å². The topological polar surface area (TPSA) is 60.9 Å². The highest BCUT2D eigenvalue weighted by molar-refractivity contribution is 6.30. The first-order valence-electron chi connectivity index (χ1n) is 7.25. The van der Waals surface area contributed by atoms with E-state index in [1.54, 1.807) is 6.07 Å². The molecule has 0 aliphatic rings. The van der Waals surface area contributed by atoms with Crippen molar-refractivity contribution in [3.05, 3.63) is 57.6 Å². The van der Waals surface area contributed by atoms with Gasteiger partial charge in [0.1, 0.15) is 16.8 Å². The summed E-state index contributed by atoms with van der Waals surface area (Å²) in [5.41, 5.74) is 5.52. The van der Waals surface area contributed by atoms with E-state index in [4.69, 9.17) is 17.3 Å². The van der Waals surface area contributed by atoms with E-state index < -0.39 is 17.2 Å². The molecule has 0 aliphatic carbocycles. The number of aromatic nitrogens is 2. The summed E-state index contributed by atoms with van der Waals surface area (Å²) in [6, 6.07) is 4.70. The monoisotopic (exact) mass is 349 g/mol. The summed E-state index contributed by atoms with van der Waals surface area (Å²) < 4.78 is 29.1. The van der Waals surface area contributed by atoms with Gasteiger partial charge in [-0.1, -0.05) is 11.6 Å². The van der Waals surface area contributed by atoms with Crippen LogP contribution in [0.5, 0.6) is 0 Å². The predicted octanol–water partition coefficient (Wildman–Crippen LogP) is 4.16. The quantitative estimate of drug-likeness (QED) is 0.558. The molecule has 24 heavy (non-hydrogen) atoms. The molecule has 0 saturated heterocycles. The van der Waals surface area contributed by atoms with Crippen LogP contribution in [0.15, 0.2) is 35.3 Å². The molecule has 2 N–H and O–H groups in total. The van der Waals surface area contributed by atoms with Gasteiger partial charge in [-0.2, -0.15) is 0 Å². The molecule has 0 amide bonds. The molecule has 124 valence electrons. The molecule has 0 spiro atoms. The molecule has 3 rings (SSSR count). The first kappa shape index (κ1) is 16.4. The maximum absolute atomic E-state index is 14.2. The van der Waals surface area contributed by atoms with Gasteiger partial charge in [-0.05, 0) is 32.0 Å². The maximum atomic E-state index is 14.2. The molecular weight excluding hydrogens is 336 g/mol. The van der Waals surface area contributed by atoms with Crippen molar-refractivity contribution in [2.24, 2.45) is 0 Å². The van der Waals surface area contributed by atoms with Gasteiger partial charge in [0.05, 0.1) is 16.8 Å². The summed E-state index contributed by atoms with van der Waals surface area (Å²) in [6.07, 6.45) is 1.50. The number of fused-ring (bicyclic) bond motifs is 1. The van der Waals surface area contributed by atoms with E-state index >= 15 is 0 Å². The molecule has 7 heteroatoms. The van der Waals surface area contributed by atoms with E-state index in [2.05, 4.69) is 4.98 Å². The third-order valence-corrected chi connectivity index (χ3v) is 3.99. The largest absolute Gasteiger partial charge is 0.396 e. The molecular formula is C17H14ClF2N3O. The van der Waals surface area contributed by atoms with Crippen LogP contribution in [0.3, 0.4) is 0 Å². The van der Waals surface area contributed by atoms with Crippen LogP contribution in [-0.2, 0) is 0 Å². The van der Waals surface area contributed by atoms with Gasteiger partial charge in [-0.25, -0.2) is 13.8 Å². The van der Waals surface area contributed by atoms with Crippen molar-refractivity contribution in [3.63, 3.8) is 0 Å². The van der Waals surface area contributed by atoms with Gasteiger partial charge >= 0.3 is 0 Å². The van der Waals surface area contributed by atoms with Crippen molar-refractivity contribution in [1.82, 2.24) is 9.55 Å². The number of benzene rings is 1. The third-order valence-electron chi connectivity index (χ3n) is 3.78. The summed E-state index contributed by atoms with van der Waals surface area (Å²) in [5, 5.41) is 0.867. The summed E-state index contributed by atoms with van der Waals surface area (Å²) in [6.45, 7) is 3.66. The van der Waals surface area contributed by atoms with E-state index in [0.29, 0.717) is 17.0 Å². The summed E-state index contributed by atoms with van der Waals surface area (Å²) >= 11 is 5.92. The summed E-state index contributed by atoms with van der Waals surface area (Å²) in [7, 11) is 0. The molecule has 0 fully saturated rings. The second kappa shape index (κ2) is 5.87. The number of nitrogen functional groups attached to an aromatic ring is 1. The first-order valence-corrected chi connectivity index (χ1v) is 7.63. The summed E-state index contributed by atoms with van der Waals surface area (Å²) in [5.74, 6) is -1.72. The average molecular weight is 350 g/mol. The zero-order chi connectivity index (χ0) is 17.6. The normalized spacial score (nSPS) is 11.4. The highest BCUT2D eigenvalue weighted by atomic mass is 35.5. The molecule has 2 heterocycles. The minimum absolute atomic E-state index is 0.0508. The molecule has 0 atom stereocenters. The SMILES string of the molecule is CC(C)n1c(=O)c(-c2cc(N)c(F)cc2F)cc2cnc(Cl)cc21. The second-order valence-corrected chi connectivity index (χ2v) is 6.13. The Labute approximate surface area is 141 Å². The van der Waals surface area contributed by atoms with Gasteiger partial charge in [0.15, 0.2) is 0 Å². The Morgan fingerprint density at radius 3 is 2.50 bits per heavy atom. The maximum Gasteiger partial charge on any atom is 0.259 e. The lowest BCUT2D eigenvalue weighted by atomic mass is 10.0. The molecule has 4 nitrogen and oxygen atoms in total. The molecule has 0 saturated carbocycles. The molecule has 0 aliphatic heterocycles. The molecule has 0 bridgehead atoms. The molecule has 0 radical (unpaired) electrons. The first-order chi connectivity index (χ1) is 11.3. The number of halogens is 3. The Morgan fingerprint density at radius 2 is 1.83 bits per heavy atom. The van der Waals surface area contributed by atoms with E-state index in [-0.39, 0.29) is 28.0 Å². The van der Waals surface area contributed by atoms with Crippen LogP contribution in [0.2, 0.25) is 5.15 Å². The van der Waals surface area contributed by atoms with Gasteiger partial charge in [-0.15, -0.1) is 0 Å². The van der Waals surface area contributed by atoms with Crippen LogP contribution in [0.4, 0.5) is 14.5 Å². The predicted molar refractivity (Wildman–Crippen MR) is 91.2 cm³/mol. The van der Waals surface area contributed by atoms with Gasteiger partial charge in [0, 0.05) is 29.3 Å². The van der Waals surface area contributed by atoms with Gasteiger partial charge in [-0.3, -0.25) is 4.79 Å². The number of hydrogen-bond acceptors (Lipinski definition) is 3. The van der Waals surface area contributed by atoms with E-state index in [1.165, 1.54) is 16.8 Å². The Hall–Kier alpha value is -2.47. The van der Waals surface area contributed by atoms with E-state index in [9.17, 15) is 13.6 Å². The Kier molecular flexibility index (Phi) is 4.01. The average Bonchev–Trinajstić information content (AvgIpc) is 2.50. The fourth-order valence-electron chi connectivity index (χ4n) is 2.68. The fraction of sp³-hybridized carbons (Fsp3) is 0.176. The molecule has 2 aromatic heterocycles. The van der Waals surface area contributed by atoms with Gasteiger partial charge in [0.25, 0.3) is 5.56 Å². The standard InChI is InChI=1S/C17H14ClF2N3O/c1-8(2)23-15-6-16(18)22-7-9(15)3-11(17(23)24)10-4-14(21)13(20)5-12(10)19/h3-8H,21H2,1-2H3. The zero-order valence-electron chi connectivity index (χ0n) is 13.0. The van der Waals surface area contributed by atoms with Crippen molar-refractivity contribution in [1.29, 1.82) is 0 Å². The summed E-state index contributed by atoms with van der Waals surface area (Å²) in [4.78, 5) is 16.9. The van der Waals surface area contributed by atoms with E-state index in [1.807, 2.05) is 13.8 Å². The Bertz CT molecular complexity index is 1010. The fourth-order valence-corrected chi connectivity index (χ4v) is 2.84. The smallest absolute Gasteiger partial charge is 0.259 e. The lowest BCUT2D eigenvalue weighted by Crippen LogP contribution is -2.24. The second-order valence-electron chi connectivity index (χ2n) is 5.75. The number of hydrogen-bond donors (Lipinski definition) is 1. The van der Waals surface area contributed by atoms with Crippen LogP contribution in [0.25, 0.3) is 22.0 Å². The van der Waals surface area contributed by atoms with Crippen molar-refractivity contribution in [2.45, 2.75) is 19.9 Å². The number of rotatable bonds is 2. The van der Waals surface area contributed by atoms with Gasteiger partial charge < -0.3 is 10.3 Å². The molecule has 3 aromatic rings. The Morgan fingerprint density at radius 1 is 1.12 bits per heavy atom. The number of pyridine rings is 2. The lowest BCUT2D eigenvalue weighted by molar-refractivity contribution is 0.585. The van der Waals surface area contributed by atoms with Crippen molar-refractivity contribution in [3.8, 4) is 11.1 Å². The van der Waals surface area contributed by atoms with Crippen LogP contribution in [0.1, 0.15) is 19.9 Å². The minimum Gasteiger partial charge on any atom is -0.396 e. The minimum atomic E-state index is -0.866. The third kappa shape index (κ3) is 2.63. The molecule has 1 aromatic carbocycles. The molecule has 0 unspecified atom stereocenters. The highest BCUT2D eigenvalue weighted by Crippen LogP contribution is 2.28. The van der Waals surface area contributed by atoms with E-state index in [0.717, 1.165) is 6.07 Å². The van der Waals surface area contributed by atoms with Crippen LogP contribution < -0.4 is 11.3 Å². The van der Waals surface area contributed by atoms with Crippen LogP contribution in [0, 0.1) is 11.6 Å². The highest BCUT2D eigenvalue weighted by Gasteiger charge is 2.18. The van der Waals surface area contributed by atoms with Crippen molar-refractivity contribution >= 4 is 28.2 Å². The van der Waals surface area contributed by atoms with Crippen molar-refractivity contribution < 1.29 is 8.78 Å². The zero-order valence-corrected chi connectivity index (χ0v) is 13.7. The van der Waals surface area contributed by atoms with Crippen LogP contribution in [-0.4, -0.2) is 9.55 Å². The number of nitrogens with zero attached hydrogens (tertiary/aromatic N) is 2. The number of nitrogens with two attached hydrogens (primary N) is 1. The lowest BCUT2D eigenvalue weighted by Gasteiger charge is -2.16. The van der Waals surface area contributed by atoms with Crippen molar-refractivity contribution in [2.75, 3.05) is 5.73 Å². The number of anilines is 1.